The molecule has 2 rings (SSSR count). The van der Waals surface area contributed by atoms with Gasteiger partial charge in [0.1, 0.15) is 0 Å². The van der Waals surface area contributed by atoms with E-state index in [2.05, 4.69) is 10.3 Å². The molecule has 2 N–H and O–H groups in total. The Labute approximate surface area is 119 Å². The first-order chi connectivity index (χ1) is 9.60. The Morgan fingerprint density at radius 3 is 2.90 bits per heavy atom. The maximum absolute atomic E-state index is 11.1. The number of thiazole rings is 1. The summed E-state index contributed by atoms with van der Waals surface area (Å²) in [6.07, 6.45) is 0.801. The van der Waals surface area contributed by atoms with Crippen LogP contribution in [0, 0.1) is 10.1 Å². The largest absolute Gasteiger partial charge is 0.315 e. The van der Waals surface area contributed by atoms with Gasteiger partial charge in [-0.3, -0.25) is 14.9 Å². The van der Waals surface area contributed by atoms with Crippen LogP contribution in [0.25, 0.3) is 0 Å². The highest BCUT2D eigenvalue weighted by molar-refractivity contribution is 7.07. The van der Waals surface area contributed by atoms with E-state index in [1.54, 1.807) is 17.5 Å². The Morgan fingerprint density at radius 2 is 2.30 bits per heavy atom. The van der Waals surface area contributed by atoms with Crippen LogP contribution in [-0.2, 0) is 6.54 Å². The fourth-order valence-corrected chi connectivity index (χ4v) is 2.57. The van der Waals surface area contributed by atoms with E-state index >= 15 is 0 Å². The Balaban J connectivity index is 2.09. The second-order valence-corrected chi connectivity index (χ2v) is 5.21. The Morgan fingerprint density at radius 1 is 1.50 bits per heavy atom. The maximum atomic E-state index is 11.1. The first kappa shape index (κ1) is 14.4. The third-order valence-corrected chi connectivity index (χ3v) is 3.72. The molecule has 0 saturated heterocycles. The molecule has 1 heterocycles. The second-order valence-electron chi connectivity index (χ2n) is 4.37. The molecule has 7 heteroatoms. The maximum Gasteiger partial charge on any atom is 0.304 e. The average Bonchev–Trinajstić information content (AvgIpc) is 2.85. The normalized spacial score (nSPS) is 12.2. The summed E-state index contributed by atoms with van der Waals surface area (Å²) in [5.74, 6) is 0. The average molecular weight is 293 g/mol. The summed E-state index contributed by atoms with van der Waals surface area (Å²) in [5, 5.41) is 15.9. The molecule has 0 spiro atoms. The molecule has 1 aromatic carbocycles. The van der Waals surface area contributed by atoms with Gasteiger partial charge in [-0.15, -0.1) is 0 Å². The Hall–Kier alpha value is -1.99. The Kier molecular flexibility index (Phi) is 4.65. The standard InChI is InChI=1S/C13H15N3O3S/c1-2-12(14-7-10-8-20-13(17)15-10)9-4-3-5-11(6-9)16(18)19/h3-6,8,12,14H,2,7H2,1H3,(H,15,17). The fraction of sp³-hybridized carbons (Fsp3) is 0.308. The van der Waals surface area contributed by atoms with Crippen molar-refractivity contribution in [2.24, 2.45) is 0 Å². The predicted molar refractivity (Wildman–Crippen MR) is 77.9 cm³/mol. The predicted octanol–water partition coefficient (Wildman–Crippen LogP) is 2.59. The van der Waals surface area contributed by atoms with Crippen LogP contribution in [0.2, 0.25) is 0 Å². The SMILES string of the molecule is CCC(NCc1csc(=O)[nH]1)c1cccc([N+](=O)[O-])c1. The molecular formula is C13H15N3O3S. The quantitative estimate of drug-likeness (QED) is 0.633. The van der Waals surface area contributed by atoms with Crippen LogP contribution >= 0.6 is 11.3 Å². The number of rotatable bonds is 6. The van der Waals surface area contributed by atoms with Crippen molar-refractivity contribution in [1.82, 2.24) is 10.3 Å². The highest BCUT2D eigenvalue weighted by atomic mass is 32.1. The van der Waals surface area contributed by atoms with E-state index in [1.807, 2.05) is 13.0 Å². The fourth-order valence-electron chi connectivity index (χ4n) is 1.99. The third-order valence-electron chi connectivity index (χ3n) is 3.00. The molecule has 0 saturated carbocycles. The number of aromatic amines is 1. The second kappa shape index (κ2) is 6.44. The van der Waals surface area contributed by atoms with E-state index in [1.165, 1.54) is 6.07 Å². The summed E-state index contributed by atoms with van der Waals surface area (Å²) in [6.45, 7) is 2.53. The van der Waals surface area contributed by atoms with Crippen LogP contribution < -0.4 is 10.2 Å². The van der Waals surface area contributed by atoms with Crippen molar-refractivity contribution >= 4 is 17.0 Å². The molecular weight excluding hydrogens is 278 g/mol. The van der Waals surface area contributed by atoms with Gasteiger partial charge in [0.05, 0.1) is 4.92 Å². The molecule has 0 bridgehead atoms. The monoisotopic (exact) mass is 293 g/mol. The topological polar surface area (TPSA) is 88.0 Å². The molecule has 1 aromatic heterocycles. The van der Waals surface area contributed by atoms with Gasteiger partial charge in [0.15, 0.2) is 0 Å². The summed E-state index contributed by atoms with van der Waals surface area (Å²) in [6, 6.07) is 6.62. The van der Waals surface area contributed by atoms with E-state index in [-0.39, 0.29) is 16.6 Å². The minimum Gasteiger partial charge on any atom is -0.315 e. The summed E-state index contributed by atoms with van der Waals surface area (Å²) >= 11 is 1.13. The molecule has 1 atom stereocenters. The Bertz CT molecular complexity index is 650. The molecule has 0 amide bonds. The van der Waals surface area contributed by atoms with E-state index in [0.29, 0.717) is 6.54 Å². The lowest BCUT2D eigenvalue weighted by atomic mass is 10.0. The van der Waals surface area contributed by atoms with Crippen LogP contribution in [0.3, 0.4) is 0 Å². The smallest absolute Gasteiger partial charge is 0.304 e. The van der Waals surface area contributed by atoms with Gasteiger partial charge >= 0.3 is 4.87 Å². The van der Waals surface area contributed by atoms with Crippen molar-refractivity contribution in [2.45, 2.75) is 25.9 Å². The van der Waals surface area contributed by atoms with E-state index in [9.17, 15) is 14.9 Å². The molecule has 0 aliphatic heterocycles. The number of H-pyrrole nitrogens is 1. The van der Waals surface area contributed by atoms with Gasteiger partial charge in [-0.1, -0.05) is 30.4 Å². The summed E-state index contributed by atoms with van der Waals surface area (Å²) in [7, 11) is 0. The number of nitrogens with one attached hydrogen (secondary N) is 2. The van der Waals surface area contributed by atoms with Gasteiger partial charge in [0.2, 0.25) is 0 Å². The van der Waals surface area contributed by atoms with Crippen molar-refractivity contribution < 1.29 is 4.92 Å². The molecule has 0 fully saturated rings. The van der Waals surface area contributed by atoms with E-state index in [0.717, 1.165) is 29.0 Å². The molecule has 106 valence electrons. The highest BCUT2D eigenvalue weighted by Gasteiger charge is 2.13. The zero-order valence-electron chi connectivity index (χ0n) is 11.0. The number of aromatic nitrogens is 1. The van der Waals surface area contributed by atoms with Crippen LogP contribution in [0.15, 0.2) is 34.4 Å². The highest BCUT2D eigenvalue weighted by Crippen LogP contribution is 2.21. The zero-order valence-corrected chi connectivity index (χ0v) is 11.8. The minimum absolute atomic E-state index is 0.0123. The van der Waals surface area contributed by atoms with E-state index in [4.69, 9.17) is 0 Å². The summed E-state index contributed by atoms with van der Waals surface area (Å²) < 4.78 is 0. The van der Waals surface area contributed by atoms with Crippen molar-refractivity contribution in [1.29, 1.82) is 0 Å². The van der Waals surface area contributed by atoms with Crippen molar-refractivity contribution in [3.63, 3.8) is 0 Å². The van der Waals surface area contributed by atoms with Crippen molar-refractivity contribution in [2.75, 3.05) is 0 Å². The van der Waals surface area contributed by atoms with Gasteiger partial charge < -0.3 is 10.3 Å². The third kappa shape index (κ3) is 3.52. The number of benzene rings is 1. The van der Waals surface area contributed by atoms with Gasteiger partial charge in [-0.2, -0.15) is 0 Å². The number of hydrogen-bond donors (Lipinski definition) is 2. The zero-order chi connectivity index (χ0) is 14.5. The first-order valence-electron chi connectivity index (χ1n) is 6.24. The number of nitrogens with zero attached hydrogens (tertiary/aromatic N) is 1. The van der Waals surface area contributed by atoms with Crippen molar-refractivity contribution in [3.05, 3.63) is 60.7 Å². The van der Waals surface area contributed by atoms with E-state index < -0.39 is 4.92 Å². The lowest BCUT2D eigenvalue weighted by molar-refractivity contribution is -0.384. The van der Waals surface area contributed by atoms with Crippen LogP contribution in [0.1, 0.15) is 30.6 Å². The minimum atomic E-state index is -0.396. The van der Waals surface area contributed by atoms with Gasteiger partial charge in [0.25, 0.3) is 5.69 Å². The summed E-state index contributed by atoms with van der Waals surface area (Å²) in [5.41, 5.74) is 1.79. The van der Waals surface area contributed by atoms with Crippen LogP contribution in [0.5, 0.6) is 0 Å². The van der Waals surface area contributed by atoms with Crippen LogP contribution in [-0.4, -0.2) is 9.91 Å². The number of non-ortho nitro benzene ring substituents is 1. The molecule has 0 aliphatic rings. The van der Waals surface area contributed by atoms with Gasteiger partial charge in [0, 0.05) is 35.8 Å². The van der Waals surface area contributed by atoms with Gasteiger partial charge in [-0.25, -0.2) is 0 Å². The number of nitro benzene ring substituents is 1. The number of nitro groups is 1. The number of hydrogen-bond acceptors (Lipinski definition) is 5. The molecule has 0 aliphatic carbocycles. The molecule has 1 unspecified atom stereocenters. The van der Waals surface area contributed by atoms with Crippen LogP contribution in [0.4, 0.5) is 5.69 Å². The van der Waals surface area contributed by atoms with Gasteiger partial charge in [-0.05, 0) is 12.0 Å². The lowest BCUT2D eigenvalue weighted by Gasteiger charge is -2.16. The van der Waals surface area contributed by atoms with Crippen molar-refractivity contribution in [3.8, 4) is 0 Å². The molecule has 6 nitrogen and oxygen atoms in total. The molecule has 0 radical (unpaired) electrons. The molecule has 20 heavy (non-hydrogen) atoms. The lowest BCUT2D eigenvalue weighted by Crippen LogP contribution is -2.21. The molecule has 2 aromatic rings. The first-order valence-corrected chi connectivity index (χ1v) is 7.12. The summed E-state index contributed by atoms with van der Waals surface area (Å²) in [4.78, 5) is 24.1.